The van der Waals surface area contributed by atoms with Crippen molar-refractivity contribution in [3.05, 3.63) is 57.6 Å². The van der Waals surface area contributed by atoms with E-state index in [-0.39, 0.29) is 6.04 Å². The number of hydrogen-bond donors (Lipinski definition) is 1. The van der Waals surface area contributed by atoms with Gasteiger partial charge < -0.3 is 5.73 Å². The normalized spacial score (nSPS) is 12.5. The van der Waals surface area contributed by atoms with Crippen molar-refractivity contribution >= 4 is 27.7 Å². The van der Waals surface area contributed by atoms with Crippen LogP contribution in [0.3, 0.4) is 0 Å². The topological polar surface area (TPSA) is 26.0 Å². The van der Waals surface area contributed by atoms with Gasteiger partial charge in [-0.25, -0.2) is 0 Å². The third-order valence-electron chi connectivity index (χ3n) is 3.17. The lowest BCUT2D eigenvalue weighted by molar-refractivity contribution is 0.797. The summed E-state index contributed by atoms with van der Waals surface area (Å²) in [6, 6.07) is 12.9. The van der Waals surface area contributed by atoms with E-state index in [1.54, 1.807) is 11.8 Å². The summed E-state index contributed by atoms with van der Waals surface area (Å²) < 4.78 is 1.09. The third-order valence-corrected chi connectivity index (χ3v) is 4.73. The molecule has 1 unspecified atom stereocenters. The lowest BCUT2D eigenvalue weighted by atomic mass is 10.1. The Kier molecular flexibility index (Phi) is 4.71. The van der Waals surface area contributed by atoms with E-state index in [0.717, 1.165) is 4.47 Å². The summed E-state index contributed by atoms with van der Waals surface area (Å²) >= 11 is 5.30. The van der Waals surface area contributed by atoms with Gasteiger partial charge in [0.1, 0.15) is 0 Å². The molecule has 100 valence electrons. The Bertz CT molecular complexity index is 593. The van der Waals surface area contributed by atoms with Crippen LogP contribution in [0.25, 0.3) is 0 Å². The van der Waals surface area contributed by atoms with Crippen LogP contribution in [-0.2, 0) is 0 Å². The summed E-state index contributed by atoms with van der Waals surface area (Å²) in [4.78, 5) is 2.47. The predicted molar refractivity (Wildman–Crippen MR) is 86.8 cm³/mol. The largest absolute Gasteiger partial charge is 0.324 e. The molecule has 0 aliphatic carbocycles. The maximum Gasteiger partial charge on any atom is 0.0277 e. The van der Waals surface area contributed by atoms with Crippen molar-refractivity contribution in [3.8, 4) is 0 Å². The zero-order chi connectivity index (χ0) is 14.0. The number of halogens is 1. The van der Waals surface area contributed by atoms with Crippen molar-refractivity contribution in [2.75, 3.05) is 0 Å². The minimum absolute atomic E-state index is 0.0437. The van der Waals surface area contributed by atoms with Gasteiger partial charge in [-0.15, -0.1) is 0 Å². The van der Waals surface area contributed by atoms with Gasteiger partial charge in [0, 0.05) is 20.3 Å². The summed E-state index contributed by atoms with van der Waals surface area (Å²) in [5, 5.41) is 0. The minimum Gasteiger partial charge on any atom is -0.324 e. The SMILES string of the molecule is Cc1ccc(Sc2cc(Br)ccc2C(C)N)cc1C. The molecule has 2 rings (SSSR count). The fourth-order valence-corrected chi connectivity index (χ4v) is 3.57. The van der Waals surface area contributed by atoms with Crippen LogP contribution < -0.4 is 5.73 Å². The summed E-state index contributed by atoms with van der Waals surface area (Å²) in [5.74, 6) is 0. The first kappa shape index (κ1) is 14.6. The summed E-state index contributed by atoms with van der Waals surface area (Å²) in [6.45, 7) is 6.30. The number of rotatable bonds is 3. The van der Waals surface area contributed by atoms with Crippen molar-refractivity contribution in [1.29, 1.82) is 0 Å². The highest BCUT2D eigenvalue weighted by Crippen LogP contribution is 2.35. The van der Waals surface area contributed by atoms with E-state index >= 15 is 0 Å². The van der Waals surface area contributed by atoms with Crippen LogP contribution in [0.1, 0.15) is 29.7 Å². The molecule has 0 saturated heterocycles. The Hall–Kier alpha value is -0.770. The van der Waals surface area contributed by atoms with Gasteiger partial charge in [-0.3, -0.25) is 0 Å². The van der Waals surface area contributed by atoms with E-state index in [1.807, 2.05) is 13.0 Å². The number of hydrogen-bond acceptors (Lipinski definition) is 2. The van der Waals surface area contributed by atoms with Gasteiger partial charge in [0.2, 0.25) is 0 Å². The molecule has 0 aliphatic heterocycles. The molecule has 0 saturated carbocycles. The fourth-order valence-electron chi connectivity index (χ4n) is 1.88. The molecule has 0 spiro atoms. The first-order valence-corrected chi connectivity index (χ1v) is 7.88. The molecule has 2 N–H and O–H groups in total. The number of nitrogens with two attached hydrogens (primary N) is 1. The molecule has 19 heavy (non-hydrogen) atoms. The third kappa shape index (κ3) is 3.62. The molecule has 0 heterocycles. The molecule has 3 heteroatoms. The van der Waals surface area contributed by atoms with Crippen molar-refractivity contribution < 1.29 is 0 Å². The smallest absolute Gasteiger partial charge is 0.0277 e. The quantitative estimate of drug-likeness (QED) is 0.830. The monoisotopic (exact) mass is 335 g/mol. The standard InChI is InChI=1S/C16H18BrNS/c1-10-4-6-14(8-11(10)2)19-16-9-13(17)5-7-15(16)12(3)18/h4-9,12H,18H2,1-3H3. The zero-order valence-corrected chi connectivity index (χ0v) is 13.8. The number of aryl methyl sites for hydroxylation is 2. The van der Waals surface area contributed by atoms with Gasteiger partial charge in [0.15, 0.2) is 0 Å². The van der Waals surface area contributed by atoms with E-state index in [9.17, 15) is 0 Å². The van der Waals surface area contributed by atoms with Gasteiger partial charge in [-0.05, 0) is 61.7 Å². The summed E-state index contributed by atoms with van der Waals surface area (Å²) in [5.41, 5.74) is 9.88. The van der Waals surface area contributed by atoms with Crippen LogP contribution in [0.2, 0.25) is 0 Å². The Balaban J connectivity index is 2.36. The average Bonchev–Trinajstić information content (AvgIpc) is 2.33. The molecule has 0 radical (unpaired) electrons. The molecule has 1 atom stereocenters. The minimum atomic E-state index is 0.0437. The van der Waals surface area contributed by atoms with Crippen molar-refractivity contribution in [2.24, 2.45) is 5.73 Å². The first-order valence-electron chi connectivity index (χ1n) is 6.27. The second-order valence-electron chi connectivity index (χ2n) is 4.82. The molecule has 2 aromatic rings. The predicted octanol–water partition coefficient (Wildman–Crippen LogP) is 5.24. The second-order valence-corrected chi connectivity index (χ2v) is 6.85. The van der Waals surface area contributed by atoms with E-state index in [2.05, 4.69) is 60.1 Å². The van der Waals surface area contributed by atoms with Crippen LogP contribution in [0.4, 0.5) is 0 Å². The Morgan fingerprint density at radius 3 is 2.42 bits per heavy atom. The van der Waals surface area contributed by atoms with E-state index in [4.69, 9.17) is 5.73 Å². The van der Waals surface area contributed by atoms with Gasteiger partial charge in [0.25, 0.3) is 0 Å². The van der Waals surface area contributed by atoms with Gasteiger partial charge >= 0.3 is 0 Å². The van der Waals surface area contributed by atoms with Crippen LogP contribution >= 0.6 is 27.7 Å². The van der Waals surface area contributed by atoms with Gasteiger partial charge in [0.05, 0.1) is 0 Å². The van der Waals surface area contributed by atoms with Gasteiger partial charge in [-0.2, -0.15) is 0 Å². The summed E-state index contributed by atoms with van der Waals surface area (Å²) in [6.07, 6.45) is 0. The maximum atomic E-state index is 6.04. The Morgan fingerprint density at radius 2 is 1.79 bits per heavy atom. The van der Waals surface area contributed by atoms with Crippen LogP contribution in [0.15, 0.2) is 50.7 Å². The van der Waals surface area contributed by atoms with E-state index in [0.29, 0.717) is 0 Å². The highest BCUT2D eigenvalue weighted by atomic mass is 79.9. The first-order chi connectivity index (χ1) is 8.97. The highest BCUT2D eigenvalue weighted by molar-refractivity contribution is 9.10. The average molecular weight is 336 g/mol. The fraction of sp³-hybridized carbons (Fsp3) is 0.250. The lowest BCUT2D eigenvalue weighted by Crippen LogP contribution is -2.06. The van der Waals surface area contributed by atoms with Crippen molar-refractivity contribution in [1.82, 2.24) is 0 Å². The van der Waals surface area contributed by atoms with E-state index in [1.165, 1.54) is 26.5 Å². The molecule has 0 bridgehead atoms. The molecule has 2 aromatic carbocycles. The van der Waals surface area contributed by atoms with Gasteiger partial charge in [-0.1, -0.05) is 39.8 Å². The highest BCUT2D eigenvalue weighted by Gasteiger charge is 2.09. The van der Waals surface area contributed by atoms with Crippen molar-refractivity contribution in [3.63, 3.8) is 0 Å². The molecule has 0 amide bonds. The second kappa shape index (κ2) is 6.12. The van der Waals surface area contributed by atoms with Crippen molar-refractivity contribution in [2.45, 2.75) is 36.6 Å². The Labute approximate surface area is 127 Å². The van der Waals surface area contributed by atoms with Crippen LogP contribution in [-0.4, -0.2) is 0 Å². The molecule has 0 aromatic heterocycles. The lowest BCUT2D eigenvalue weighted by Gasteiger charge is -2.13. The maximum absolute atomic E-state index is 6.04. The van der Waals surface area contributed by atoms with E-state index < -0.39 is 0 Å². The molecule has 0 aliphatic rings. The molecule has 0 fully saturated rings. The Morgan fingerprint density at radius 1 is 1.05 bits per heavy atom. The number of benzene rings is 2. The van der Waals surface area contributed by atoms with Crippen LogP contribution in [0.5, 0.6) is 0 Å². The molecular weight excluding hydrogens is 318 g/mol. The van der Waals surface area contributed by atoms with Crippen LogP contribution in [0, 0.1) is 13.8 Å². The molecular formula is C16H18BrNS. The zero-order valence-electron chi connectivity index (χ0n) is 11.4. The molecule has 1 nitrogen and oxygen atoms in total. The summed E-state index contributed by atoms with van der Waals surface area (Å²) in [7, 11) is 0.